The Morgan fingerprint density at radius 3 is 2.21 bits per heavy atom. The molecule has 28 heavy (non-hydrogen) atoms. The number of ether oxygens (including phenoxy) is 1. The molecule has 3 rings (SSSR count). The molecule has 3 aromatic carbocycles. The van der Waals surface area contributed by atoms with Crippen LogP contribution in [0.15, 0.2) is 83.8 Å². The molecule has 6 heteroatoms. The second kappa shape index (κ2) is 8.70. The molecule has 1 unspecified atom stereocenters. The third-order valence-electron chi connectivity index (χ3n) is 4.20. The molecule has 1 atom stereocenters. The molecular formula is C22H20N2O3S. The van der Waals surface area contributed by atoms with Crippen molar-refractivity contribution in [1.29, 1.82) is 5.26 Å². The summed E-state index contributed by atoms with van der Waals surface area (Å²) in [4.78, 5) is 0.126. The fourth-order valence-corrected chi connectivity index (χ4v) is 3.74. The Morgan fingerprint density at radius 2 is 1.61 bits per heavy atom. The van der Waals surface area contributed by atoms with E-state index in [0.717, 1.165) is 11.1 Å². The monoisotopic (exact) mass is 392 g/mol. The molecule has 0 spiro atoms. The molecular weight excluding hydrogens is 372 g/mol. The molecule has 0 saturated carbocycles. The quantitative estimate of drug-likeness (QED) is 0.656. The fourth-order valence-electron chi connectivity index (χ4n) is 2.61. The molecule has 142 valence electrons. The van der Waals surface area contributed by atoms with Gasteiger partial charge in [0.05, 0.1) is 11.0 Å². The van der Waals surface area contributed by atoms with Gasteiger partial charge >= 0.3 is 0 Å². The minimum absolute atomic E-state index is 0.126. The molecule has 0 aliphatic heterocycles. The predicted molar refractivity (Wildman–Crippen MR) is 107 cm³/mol. The van der Waals surface area contributed by atoms with Crippen molar-refractivity contribution >= 4 is 10.0 Å². The Kier molecular flexibility index (Phi) is 6.09. The maximum Gasteiger partial charge on any atom is 0.241 e. The van der Waals surface area contributed by atoms with Crippen molar-refractivity contribution in [3.8, 4) is 11.8 Å². The standard InChI is InChI=1S/C22H20N2O3S/c1-17-7-13-21(14-8-17)28(25,26)24-22(15-23)19-9-11-20(12-10-19)27-16-18-5-3-2-4-6-18/h2-14,22,24H,16H2,1H3. The minimum Gasteiger partial charge on any atom is -0.489 e. The zero-order valence-corrected chi connectivity index (χ0v) is 16.2. The Hall–Kier alpha value is -3.14. The normalized spacial score (nSPS) is 12.1. The third kappa shape index (κ3) is 4.97. The van der Waals surface area contributed by atoms with Gasteiger partial charge in [-0.05, 0) is 42.3 Å². The van der Waals surface area contributed by atoms with Crippen LogP contribution in [0, 0.1) is 18.3 Å². The van der Waals surface area contributed by atoms with Crippen LogP contribution in [0.4, 0.5) is 0 Å². The van der Waals surface area contributed by atoms with E-state index < -0.39 is 16.1 Å². The van der Waals surface area contributed by atoms with Crippen LogP contribution in [0.2, 0.25) is 0 Å². The molecule has 0 bridgehead atoms. The number of benzene rings is 3. The predicted octanol–water partition coefficient (Wildman–Crippen LogP) is 4.12. The number of nitrogens with zero attached hydrogens (tertiary/aromatic N) is 1. The van der Waals surface area contributed by atoms with Crippen LogP contribution in [0.1, 0.15) is 22.7 Å². The summed E-state index contributed by atoms with van der Waals surface area (Å²) in [5.74, 6) is 0.644. The first-order valence-electron chi connectivity index (χ1n) is 8.73. The van der Waals surface area contributed by atoms with E-state index in [1.807, 2.05) is 43.3 Å². The molecule has 3 aromatic rings. The molecule has 0 aliphatic rings. The van der Waals surface area contributed by atoms with Crippen molar-refractivity contribution in [2.45, 2.75) is 24.5 Å². The van der Waals surface area contributed by atoms with E-state index >= 15 is 0 Å². The van der Waals surface area contributed by atoms with Gasteiger partial charge in [-0.15, -0.1) is 0 Å². The lowest BCUT2D eigenvalue weighted by atomic mass is 10.1. The number of hydrogen-bond donors (Lipinski definition) is 1. The largest absolute Gasteiger partial charge is 0.489 e. The summed E-state index contributed by atoms with van der Waals surface area (Å²) in [6.45, 7) is 2.31. The maximum absolute atomic E-state index is 12.5. The highest BCUT2D eigenvalue weighted by atomic mass is 32.2. The number of nitrogens with one attached hydrogen (secondary N) is 1. The second-order valence-electron chi connectivity index (χ2n) is 6.34. The van der Waals surface area contributed by atoms with Crippen molar-refractivity contribution < 1.29 is 13.2 Å². The van der Waals surface area contributed by atoms with Gasteiger partial charge in [0.15, 0.2) is 0 Å². The lowest BCUT2D eigenvalue weighted by Crippen LogP contribution is -2.27. The van der Waals surface area contributed by atoms with E-state index in [-0.39, 0.29) is 4.90 Å². The van der Waals surface area contributed by atoms with Crippen molar-refractivity contribution in [3.63, 3.8) is 0 Å². The third-order valence-corrected chi connectivity index (χ3v) is 5.63. The molecule has 5 nitrogen and oxygen atoms in total. The van der Waals surface area contributed by atoms with Crippen molar-refractivity contribution in [2.24, 2.45) is 0 Å². The second-order valence-corrected chi connectivity index (χ2v) is 8.05. The first-order valence-corrected chi connectivity index (χ1v) is 10.2. The zero-order chi connectivity index (χ0) is 20.0. The fraction of sp³-hybridized carbons (Fsp3) is 0.136. The van der Waals surface area contributed by atoms with Gasteiger partial charge in [-0.25, -0.2) is 8.42 Å². The van der Waals surface area contributed by atoms with Gasteiger partial charge in [-0.2, -0.15) is 9.98 Å². The van der Waals surface area contributed by atoms with E-state index in [1.54, 1.807) is 36.4 Å². The van der Waals surface area contributed by atoms with Gasteiger partial charge in [0.1, 0.15) is 18.4 Å². The SMILES string of the molecule is Cc1ccc(S(=O)(=O)NC(C#N)c2ccc(OCc3ccccc3)cc2)cc1. The van der Waals surface area contributed by atoms with Crippen LogP contribution in [0.5, 0.6) is 5.75 Å². The molecule has 0 radical (unpaired) electrons. The summed E-state index contributed by atoms with van der Waals surface area (Å²) in [6.07, 6.45) is 0. The highest BCUT2D eigenvalue weighted by molar-refractivity contribution is 7.89. The first-order chi connectivity index (χ1) is 13.5. The average Bonchev–Trinajstić information content (AvgIpc) is 2.72. The van der Waals surface area contributed by atoms with Crippen molar-refractivity contribution in [1.82, 2.24) is 4.72 Å². The smallest absolute Gasteiger partial charge is 0.241 e. The summed E-state index contributed by atoms with van der Waals surface area (Å²) >= 11 is 0. The van der Waals surface area contributed by atoms with Gasteiger partial charge in [-0.1, -0.05) is 60.2 Å². The van der Waals surface area contributed by atoms with Gasteiger partial charge < -0.3 is 4.74 Å². The summed E-state index contributed by atoms with van der Waals surface area (Å²) in [7, 11) is -3.80. The molecule has 0 saturated heterocycles. The number of hydrogen-bond acceptors (Lipinski definition) is 4. The van der Waals surface area contributed by atoms with Gasteiger partial charge in [-0.3, -0.25) is 0 Å². The van der Waals surface area contributed by atoms with E-state index in [9.17, 15) is 13.7 Å². The van der Waals surface area contributed by atoms with Crippen LogP contribution in [-0.2, 0) is 16.6 Å². The van der Waals surface area contributed by atoms with Crippen molar-refractivity contribution in [3.05, 3.63) is 95.6 Å². The summed E-state index contributed by atoms with van der Waals surface area (Å²) < 4.78 is 33.2. The number of sulfonamides is 1. The molecule has 0 aromatic heterocycles. The van der Waals surface area contributed by atoms with Crippen LogP contribution in [0.25, 0.3) is 0 Å². The Morgan fingerprint density at radius 1 is 0.964 bits per heavy atom. The Balaban J connectivity index is 1.69. The highest BCUT2D eigenvalue weighted by Crippen LogP contribution is 2.21. The molecule has 0 amide bonds. The van der Waals surface area contributed by atoms with E-state index in [2.05, 4.69) is 4.72 Å². The highest BCUT2D eigenvalue weighted by Gasteiger charge is 2.21. The Labute approximate surface area is 165 Å². The van der Waals surface area contributed by atoms with Crippen LogP contribution >= 0.6 is 0 Å². The summed E-state index contributed by atoms with van der Waals surface area (Å²) in [5.41, 5.74) is 2.56. The summed E-state index contributed by atoms with van der Waals surface area (Å²) in [6, 6.07) is 24.1. The van der Waals surface area contributed by atoms with Gasteiger partial charge in [0.25, 0.3) is 0 Å². The van der Waals surface area contributed by atoms with Gasteiger partial charge in [0.2, 0.25) is 10.0 Å². The Bertz CT molecular complexity index is 1060. The number of nitriles is 1. The van der Waals surface area contributed by atoms with Gasteiger partial charge in [0, 0.05) is 0 Å². The first kappa shape index (κ1) is 19.6. The molecule has 0 fully saturated rings. The zero-order valence-electron chi connectivity index (χ0n) is 15.4. The van der Waals surface area contributed by atoms with Crippen molar-refractivity contribution in [2.75, 3.05) is 0 Å². The van der Waals surface area contributed by atoms with Crippen LogP contribution in [0.3, 0.4) is 0 Å². The number of rotatable bonds is 7. The van der Waals surface area contributed by atoms with E-state index in [1.165, 1.54) is 12.1 Å². The maximum atomic E-state index is 12.5. The average molecular weight is 392 g/mol. The molecule has 0 aliphatic carbocycles. The molecule has 0 heterocycles. The topological polar surface area (TPSA) is 79.2 Å². The molecule has 1 N–H and O–H groups in total. The number of aryl methyl sites for hydroxylation is 1. The van der Waals surface area contributed by atoms with E-state index in [0.29, 0.717) is 17.9 Å². The van der Waals surface area contributed by atoms with Crippen LogP contribution < -0.4 is 9.46 Å². The van der Waals surface area contributed by atoms with E-state index in [4.69, 9.17) is 4.74 Å². The lowest BCUT2D eigenvalue weighted by Gasteiger charge is -2.13. The minimum atomic E-state index is -3.80. The summed E-state index contributed by atoms with van der Waals surface area (Å²) in [5, 5.41) is 9.45. The lowest BCUT2D eigenvalue weighted by molar-refractivity contribution is 0.306. The van der Waals surface area contributed by atoms with Crippen LogP contribution in [-0.4, -0.2) is 8.42 Å².